The second-order valence-corrected chi connectivity index (χ2v) is 4.55. The summed E-state index contributed by atoms with van der Waals surface area (Å²) in [7, 11) is 0. The minimum Gasteiger partial charge on any atom is -0.478 e. The lowest BCUT2D eigenvalue weighted by molar-refractivity contribution is -0.157. The van der Waals surface area contributed by atoms with Gasteiger partial charge in [-0.15, -0.1) is 0 Å². The summed E-state index contributed by atoms with van der Waals surface area (Å²) in [6, 6.07) is 0. The molecule has 0 spiro atoms. The van der Waals surface area contributed by atoms with Crippen molar-refractivity contribution in [3.05, 3.63) is 11.6 Å². The molecule has 1 N–H and O–H groups in total. The molecular weight excluding hydrogens is 238 g/mol. The summed E-state index contributed by atoms with van der Waals surface area (Å²) >= 11 is 0. The summed E-state index contributed by atoms with van der Waals surface area (Å²) in [6.07, 6.45) is 2.07. The van der Waals surface area contributed by atoms with Gasteiger partial charge in [-0.05, 0) is 18.9 Å². The molecule has 2 heterocycles. The van der Waals surface area contributed by atoms with Crippen molar-refractivity contribution in [2.75, 3.05) is 13.2 Å². The number of aliphatic carboxylic acids is 1. The van der Waals surface area contributed by atoms with Crippen LogP contribution in [0.4, 0.5) is 0 Å². The Morgan fingerprint density at radius 1 is 1.56 bits per heavy atom. The average Bonchev–Trinajstić information content (AvgIpc) is 2.78. The summed E-state index contributed by atoms with van der Waals surface area (Å²) in [5.41, 5.74) is -0.377. The number of carboxylic acid groups (broad SMARTS) is 1. The Kier molecular flexibility index (Phi) is 3.11. The van der Waals surface area contributed by atoms with Crippen molar-refractivity contribution in [1.82, 2.24) is 4.90 Å². The summed E-state index contributed by atoms with van der Waals surface area (Å²) in [5.74, 6) is -1.60. The highest BCUT2D eigenvalue weighted by molar-refractivity contribution is 5.94. The van der Waals surface area contributed by atoms with Gasteiger partial charge in [-0.2, -0.15) is 0 Å². The van der Waals surface area contributed by atoms with Crippen LogP contribution in [0.5, 0.6) is 0 Å². The molecule has 2 aliphatic rings. The first-order valence-corrected chi connectivity index (χ1v) is 5.89. The van der Waals surface area contributed by atoms with E-state index in [4.69, 9.17) is 9.84 Å². The minimum absolute atomic E-state index is 0.114. The first-order chi connectivity index (χ1) is 8.49. The number of ether oxygens (including phenoxy) is 1. The molecule has 0 saturated carbocycles. The number of carbonyl (C=O) groups is 3. The number of nitrogens with zero attached hydrogens (tertiary/aromatic N) is 1. The van der Waals surface area contributed by atoms with E-state index in [1.165, 1.54) is 4.90 Å². The van der Waals surface area contributed by atoms with Crippen LogP contribution in [0.3, 0.4) is 0 Å². The van der Waals surface area contributed by atoms with Crippen molar-refractivity contribution in [3.63, 3.8) is 0 Å². The predicted molar refractivity (Wildman–Crippen MR) is 60.6 cm³/mol. The number of fused-ring (bicyclic) bond motifs is 1. The molecule has 0 radical (unpaired) electrons. The third kappa shape index (κ3) is 1.87. The number of amides is 1. The Bertz CT molecular complexity index is 442. The van der Waals surface area contributed by atoms with E-state index < -0.39 is 17.5 Å². The maximum atomic E-state index is 12.0. The van der Waals surface area contributed by atoms with Crippen molar-refractivity contribution < 1.29 is 24.2 Å². The number of esters is 1. The molecule has 0 aromatic rings. The first kappa shape index (κ1) is 12.6. The Hall–Kier alpha value is -1.85. The van der Waals surface area contributed by atoms with Gasteiger partial charge in [0.25, 0.3) is 0 Å². The molecule has 0 aromatic carbocycles. The Labute approximate surface area is 104 Å². The molecule has 0 aromatic heterocycles. The zero-order valence-corrected chi connectivity index (χ0v) is 10.1. The largest absolute Gasteiger partial charge is 0.478 e. The van der Waals surface area contributed by atoms with E-state index in [0.717, 1.165) is 6.08 Å². The van der Waals surface area contributed by atoms with Gasteiger partial charge in [-0.3, -0.25) is 4.79 Å². The molecular formula is C12H15NO5. The van der Waals surface area contributed by atoms with Crippen molar-refractivity contribution in [1.29, 1.82) is 0 Å². The number of hydrogen-bond donors (Lipinski definition) is 1. The van der Waals surface area contributed by atoms with Crippen LogP contribution >= 0.6 is 0 Å². The van der Waals surface area contributed by atoms with Crippen LogP contribution in [0.15, 0.2) is 11.6 Å². The molecule has 2 rings (SSSR count). The summed E-state index contributed by atoms with van der Waals surface area (Å²) < 4.78 is 5.02. The van der Waals surface area contributed by atoms with Crippen LogP contribution in [0, 0.1) is 0 Å². The van der Waals surface area contributed by atoms with Gasteiger partial charge in [-0.25, -0.2) is 9.59 Å². The zero-order chi connectivity index (χ0) is 13.3. The highest BCUT2D eigenvalue weighted by atomic mass is 16.5. The van der Waals surface area contributed by atoms with Gasteiger partial charge in [0, 0.05) is 25.5 Å². The van der Waals surface area contributed by atoms with Crippen LogP contribution in [0.2, 0.25) is 0 Å². The lowest BCUT2D eigenvalue weighted by atomic mass is 9.92. The van der Waals surface area contributed by atoms with E-state index in [9.17, 15) is 14.4 Å². The maximum absolute atomic E-state index is 12.0. The summed E-state index contributed by atoms with van der Waals surface area (Å²) in [4.78, 5) is 35.9. The molecule has 0 bridgehead atoms. The van der Waals surface area contributed by atoms with Crippen LogP contribution in [0.1, 0.15) is 26.2 Å². The topological polar surface area (TPSA) is 83.9 Å². The number of hydrogen-bond acceptors (Lipinski definition) is 4. The Morgan fingerprint density at radius 3 is 2.89 bits per heavy atom. The molecule has 1 atom stereocenters. The van der Waals surface area contributed by atoms with E-state index in [2.05, 4.69) is 0 Å². The zero-order valence-electron chi connectivity index (χ0n) is 10.1. The van der Waals surface area contributed by atoms with Gasteiger partial charge in [0.2, 0.25) is 5.91 Å². The quantitative estimate of drug-likeness (QED) is 0.578. The fourth-order valence-electron chi connectivity index (χ4n) is 2.70. The Balaban J connectivity index is 2.29. The van der Waals surface area contributed by atoms with Crippen molar-refractivity contribution in [2.45, 2.75) is 31.7 Å². The second kappa shape index (κ2) is 4.44. The van der Waals surface area contributed by atoms with Gasteiger partial charge in [0.15, 0.2) is 0 Å². The number of carboxylic acids is 1. The molecule has 18 heavy (non-hydrogen) atoms. The maximum Gasteiger partial charge on any atom is 0.332 e. The molecule has 0 unspecified atom stereocenters. The van der Waals surface area contributed by atoms with Crippen molar-refractivity contribution >= 4 is 17.8 Å². The highest BCUT2D eigenvalue weighted by Crippen LogP contribution is 2.42. The molecule has 2 saturated heterocycles. The van der Waals surface area contributed by atoms with Gasteiger partial charge in [0.05, 0.1) is 6.61 Å². The first-order valence-electron chi connectivity index (χ1n) is 5.89. The van der Waals surface area contributed by atoms with Gasteiger partial charge in [-0.1, -0.05) is 0 Å². The van der Waals surface area contributed by atoms with Crippen LogP contribution < -0.4 is 0 Å². The average molecular weight is 253 g/mol. The third-order valence-electron chi connectivity index (χ3n) is 3.43. The number of carbonyl (C=O) groups excluding carboxylic acids is 2. The molecule has 2 aliphatic heterocycles. The second-order valence-electron chi connectivity index (χ2n) is 4.55. The fourth-order valence-corrected chi connectivity index (χ4v) is 2.70. The van der Waals surface area contributed by atoms with Gasteiger partial charge < -0.3 is 14.7 Å². The van der Waals surface area contributed by atoms with Crippen LogP contribution in [0.25, 0.3) is 0 Å². The number of rotatable bonds is 3. The lowest BCUT2D eigenvalue weighted by Crippen LogP contribution is -2.48. The molecule has 6 nitrogen and oxygen atoms in total. The smallest absolute Gasteiger partial charge is 0.332 e. The predicted octanol–water partition coefficient (Wildman–Crippen LogP) is 0.325. The Morgan fingerprint density at radius 2 is 2.28 bits per heavy atom. The molecule has 2 fully saturated rings. The minimum atomic E-state index is -1.06. The van der Waals surface area contributed by atoms with E-state index in [1.54, 1.807) is 6.92 Å². The summed E-state index contributed by atoms with van der Waals surface area (Å²) in [6.45, 7) is 2.17. The molecule has 6 heteroatoms. The van der Waals surface area contributed by atoms with Crippen LogP contribution in [-0.4, -0.2) is 46.5 Å². The van der Waals surface area contributed by atoms with E-state index in [1.807, 2.05) is 0 Å². The van der Waals surface area contributed by atoms with Crippen molar-refractivity contribution in [2.24, 2.45) is 0 Å². The normalized spacial score (nSPS) is 28.6. The highest BCUT2D eigenvalue weighted by Gasteiger charge is 2.56. The van der Waals surface area contributed by atoms with Crippen molar-refractivity contribution in [3.8, 4) is 0 Å². The van der Waals surface area contributed by atoms with E-state index in [0.29, 0.717) is 18.4 Å². The SMILES string of the molecule is CCOC(=O)[C@@]12CCC(=O)N1C/C(=C\C(=O)O)C2. The lowest BCUT2D eigenvalue weighted by Gasteiger charge is -2.28. The van der Waals surface area contributed by atoms with E-state index >= 15 is 0 Å². The van der Waals surface area contributed by atoms with E-state index in [-0.39, 0.29) is 25.5 Å². The van der Waals surface area contributed by atoms with Crippen LogP contribution in [-0.2, 0) is 19.1 Å². The molecule has 1 amide bonds. The third-order valence-corrected chi connectivity index (χ3v) is 3.43. The molecule has 98 valence electrons. The summed E-state index contributed by atoms with van der Waals surface area (Å²) in [5, 5.41) is 8.73. The molecule has 0 aliphatic carbocycles. The van der Waals surface area contributed by atoms with Gasteiger partial charge in [0.1, 0.15) is 5.54 Å². The standard InChI is InChI=1S/C12H15NO5/c1-2-18-11(17)12-4-3-9(14)13(12)7-8(6-12)5-10(15)16/h5H,2-4,6-7H2,1H3,(H,15,16)/b8-5-/t12-/m0/s1. The fraction of sp³-hybridized carbons (Fsp3) is 0.583. The van der Waals surface area contributed by atoms with Gasteiger partial charge >= 0.3 is 11.9 Å². The monoisotopic (exact) mass is 253 g/mol.